The average molecular weight is 269 g/mol. The van der Waals surface area contributed by atoms with Crippen LogP contribution in [0.15, 0.2) is 12.2 Å². The van der Waals surface area contributed by atoms with E-state index in [2.05, 4.69) is 13.5 Å². The highest BCUT2D eigenvalue weighted by Gasteiger charge is 2.27. The Labute approximate surface area is 114 Å². The molecular weight excluding hydrogens is 246 g/mol. The number of carboxylic acid groups (broad SMARTS) is 1. The molecule has 1 amide bonds. The second-order valence-corrected chi connectivity index (χ2v) is 5.31. The quantitative estimate of drug-likeness (QED) is 0.615. The number of ether oxygens (including phenoxy) is 1. The molecule has 1 N–H and O–H groups in total. The highest BCUT2D eigenvalue weighted by atomic mass is 16.5. The fraction of sp³-hybridized carbons (Fsp3) is 0.714. The van der Waals surface area contributed by atoms with Gasteiger partial charge in [-0.05, 0) is 38.5 Å². The molecule has 0 aromatic carbocycles. The van der Waals surface area contributed by atoms with Crippen molar-refractivity contribution in [1.82, 2.24) is 4.90 Å². The van der Waals surface area contributed by atoms with Crippen LogP contribution in [0.5, 0.6) is 0 Å². The highest BCUT2D eigenvalue weighted by Crippen LogP contribution is 2.27. The van der Waals surface area contributed by atoms with Crippen molar-refractivity contribution in [2.45, 2.75) is 45.6 Å². The summed E-state index contributed by atoms with van der Waals surface area (Å²) in [5, 5.41) is 9.23. The van der Waals surface area contributed by atoms with Crippen molar-refractivity contribution in [1.29, 1.82) is 0 Å². The number of carbonyl (C=O) groups excluding carboxylic acids is 1. The Morgan fingerprint density at radius 3 is 2.37 bits per heavy atom. The first-order chi connectivity index (χ1) is 8.91. The summed E-state index contributed by atoms with van der Waals surface area (Å²) < 4.78 is 4.95. The summed E-state index contributed by atoms with van der Waals surface area (Å²) in [5.74, 6) is 0.204. The molecule has 1 rings (SSSR count). The van der Waals surface area contributed by atoms with Gasteiger partial charge in [-0.1, -0.05) is 13.5 Å². The van der Waals surface area contributed by atoms with E-state index in [-0.39, 0.29) is 19.2 Å². The Bertz CT molecular complexity index is 345. The summed E-state index contributed by atoms with van der Waals surface area (Å²) in [7, 11) is 0. The molecule has 1 aliphatic rings. The summed E-state index contributed by atoms with van der Waals surface area (Å²) in [5.41, 5.74) is 0.327. The van der Waals surface area contributed by atoms with Crippen LogP contribution in [-0.4, -0.2) is 41.3 Å². The summed E-state index contributed by atoms with van der Waals surface area (Å²) in [6.45, 7) is 7.56. The Morgan fingerprint density at radius 2 is 1.89 bits per heavy atom. The molecule has 0 bridgehead atoms. The molecule has 1 fully saturated rings. The van der Waals surface area contributed by atoms with Gasteiger partial charge in [-0.2, -0.15) is 0 Å². The molecule has 0 atom stereocenters. The SMILES string of the molecule is C=C(C)C(=O)OCCN(C(=O)O)[C@H]1CC[C@@H](C)CC1. The van der Waals surface area contributed by atoms with Crippen LogP contribution in [0.25, 0.3) is 0 Å². The van der Waals surface area contributed by atoms with E-state index in [1.807, 2.05) is 0 Å². The van der Waals surface area contributed by atoms with Gasteiger partial charge in [0.25, 0.3) is 0 Å². The van der Waals surface area contributed by atoms with Crippen molar-refractivity contribution in [2.24, 2.45) is 5.92 Å². The van der Waals surface area contributed by atoms with Crippen LogP contribution in [0.3, 0.4) is 0 Å². The smallest absolute Gasteiger partial charge is 0.407 e. The second-order valence-electron chi connectivity index (χ2n) is 5.31. The van der Waals surface area contributed by atoms with Crippen molar-refractivity contribution in [2.75, 3.05) is 13.2 Å². The van der Waals surface area contributed by atoms with Crippen LogP contribution in [0, 0.1) is 5.92 Å². The van der Waals surface area contributed by atoms with Crippen LogP contribution in [0.1, 0.15) is 39.5 Å². The third-order valence-electron chi connectivity index (χ3n) is 3.59. The lowest BCUT2D eigenvalue weighted by atomic mass is 9.87. The lowest BCUT2D eigenvalue weighted by Crippen LogP contribution is -2.43. The van der Waals surface area contributed by atoms with Gasteiger partial charge in [0.1, 0.15) is 6.61 Å². The predicted molar refractivity (Wildman–Crippen MR) is 71.9 cm³/mol. The fourth-order valence-corrected chi connectivity index (χ4v) is 2.35. The molecule has 0 unspecified atom stereocenters. The van der Waals surface area contributed by atoms with E-state index in [9.17, 15) is 14.7 Å². The molecule has 0 saturated heterocycles. The van der Waals surface area contributed by atoms with E-state index >= 15 is 0 Å². The average Bonchev–Trinajstić information content (AvgIpc) is 2.35. The first-order valence-electron chi connectivity index (χ1n) is 6.74. The van der Waals surface area contributed by atoms with E-state index < -0.39 is 12.1 Å². The van der Waals surface area contributed by atoms with Crippen molar-refractivity contribution < 1.29 is 19.4 Å². The molecule has 0 aliphatic heterocycles. The van der Waals surface area contributed by atoms with Gasteiger partial charge in [-0.25, -0.2) is 9.59 Å². The van der Waals surface area contributed by atoms with E-state index in [1.165, 1.54) is 4.90 Å². The largest absolute Gasteiger partial charge is 0.465 e. The zero-order valence-electron chi connectivity index (χ0n) is 11.7. The van der Waals surface area contributed by atoms with Crippen molar-refractivity contribution in [3.05, 3.63) is 12.2 Å². The number of hydrogen-bond acceptors (Lipinski definition) is 3. The maximum Gasteiger partial charge on any atom is 0.407 e. The van der Waals surface area contributed by atoms with Crippen LogP contribution in [-0.2, 0) is 9.53 Å². The van der Waals surface area contributed by atoms with Crippen LogP contribution in [0.2, 0.25) is 0 Å². The monoisotopic (exact) mass is 269 g/mol. The lowest BCUT2D eigenvalue weighted by molar-refractivity contribution is -0.139. The Morgan fingerprint density at radius 1 is 1.32 bits per heavy atom. The molecule has 108 valence electrons. The first-order valence-corrected chi connectivity index (χ1v) is 6.74. The Balaban J connectivity index is 2.43. The third kappa shape index (κ3) is 4.93. The highest BCUT2D eigenvalue weighted by molar-refractivity contribution is 5.86. The van der Waals surface area contributed by atoms with Crippen molar-refractivity contribution >= 4 is 12.1 Å². The van der Waals surface area contributed by atoms with Crippen LogP contribution >= 0.6 is 0 Å². The number of rotatable bonds is 5. The van der Waals surface area contributed by atoms with Crippen molar-refractivity contribution in [3.8, 4) is 0 Å². The third-order valence-corrected chi connectivity index (χ3v) is 3.59. The molecule has 0 aromatic heterocycles. The Hall–Kier alpha value is -1.52. The second kappa shape index (κ2) is 7.16. The maximum absolute atomic E-state index is 11.3. The molecule has 0 heterocycles. The summed E-state index contributed by atoms with van der Waals surface area (Å²) >= 11 is 0. The van der Waals surface area contributed by atoms with E-state index in [0.29, 0.717) is 11.5 Å². The van der Waals surface area contributed by atoms with Gasteiger partial charge in [0, 0.05) is 11.6 Å². The molecule has 19 heavy (non-hydrogen) atoms. The minimum atomic E-state index is -0.939. The summed E-state index contributed by atoms with van der Waals surface area (Å²) in [6, 6.07) is 0.0530. The standard InChI is InChI=1S/C14H23NO4/c1-10(2)13(16)19-9-8-15(14(17)18)12-6-4-11(3)5-7-12/h11-12H,1,4-9H2,2-3H3,(H,17,18)/t11-,12+. The zero-order chi connectivity index (χ0) is 14.4. The van der Waals surface area contributed by atoms with E-state index in [0.717, 1.165) is 25.7 Å². The van der Waals surface area contributed by atoms with Gasteiger partial charge in [0.05, 0.1) is 6.54 Å². The normalized spacial score (nSPS) is 22.6. The van der Waals surface area contributed by atoms with Crippen molar-refractivity contribution in [3.63, 3.8) is 0 Å². The molecule has 5 nitrogen and oxygen atoms in total. The minimum Gasteiger partial charge on any atom is -0.465 e. The minimum absolute atomic E-state index is 0.0530. The van der Waals surface area contributed by atoms with Gasteiger partial charge in [0.15, 0.2) is 0 Å². The summed E-state index contributed by atoms with van der Waals surface area (Å²) in [4.78, 5) is 23.9. The van der Waals surface area contributed by atoms with Gasteiger partial charge < -0.3 is 14.7 Å². The molecule has 0 aromatic rings. The van der Waals surface area contributed by atoms with Gasteiger partial charge in [0.2, 0.25) is 0 Å². The van der Waals surface area contributed by atoms with Gasteiger partial charge in [-0.3, -0.25) is 0 Å². The number of esters is 1. The number of hydrogen-bond donors (Lipinski definition) is 1. The molecule has 1 saturated carbocycles. The van der Waals surface area contributed by atoms with Crippen LogP contribution in [0.4, 0.5) is 4.79 Å². The van der Waals surface area contributed by atoms with E-state index in [1.54, 1.807) is 6.92 Å². The fourth-order valence-electron chi connectivity index (χ4n) is 2.35. The number of carbonyl (C=O) groups is 2. The zero-order valence-corrected chi connectivity index (χ0v) is 11.7. The summed E-state index contributed by atoms with van der Waals surface area (Å²) in [6.07, 6.45) is 2.95. The molecule has 1 aliphatic carbocycles. The molecule has 0 spiro atoms. The molecule has 0 radical (unpaired) electrons. The van der Waals surface area contributed by atoms with E-state index in [4.69, 9.17) is 4.74 Å². The first kappa shape index (κ1) is 15.5. The van der Waals surface area contributed by atoms with Gasteiger partial charge in [-0.15, -0.1) is 0 Å². The van der Waals surface area contributed by atoms with Gasteiger partial charge >= 0.3 is 12.1 Å². The topological polar surface area (TPSA) is 66.8 Å². The number of nitrogens with zero attached hydrogens (tertiary/aromatic N) is 1. The van der Waals surface area contributed by atoms with Crippen LogP contribution < -0.4 is 0 Å². The lowest BCUT2D eigenvalue weighted by Gasteiger charge is -2.34. The molecule has 5 heteroatoms. The number of amides is 1. The maximum atomic E-state index is 11.3. The predicted octanol–water partition coefficient (Wildman–Crippen LogP) is 2.66. The molecular formula is C14H23NO4. The Kier molecular flexibility index (Phi) is 5.86.